The van der Waals surface area contributed by atoms with E-state index in [0.29, 0.717) is 13.0 Å². The normalized spacial score (nSPS) is 22.8. The van der Waals surface area contributed by atoms with E-state index >= 15 is 0 Å². The third-order valence-corrected chi connectivity index (χ3v) is 5.40. The Balaban J connectivity index is 1.50. The first kappa shape index (κ1) is 19.2. The minimum Gasteiger partial charge on any atom is -0.391 e. The summed E-state index contributed by atoms with van der Waals surface area (Å²) in [6.07, 6.45) is 4.18. The Labute approximate surface area is 158 Å². The summed E-state index contributed by atoms with van der Waals surface area (Å²) in [5.41, 5.74) is 1.16. The topological polar surface area (TPSA) is 51.1 Å². The van der Waals surface area contributed by atoms with Crippen LogP contribution in [0.2, 0.25) is 0 Å². The molecular formula is C21H34N4O. The number of rotatable bonds is 7. The number of hydrogen-bond donors (Lipinski definition) is 2. The average molecular weight is 359 g/mol. The van der Waals surface area contributed by atoms with Gasteiger partial charge in [-0.1, -0.05) is 30.3 Å². The van der Waals surface area contributed by atoms with Crippen molar-refractivity contribution in [2.45, 2.75) is 38.7 Å². The van der Waals surface area contributed by atoms with E-state index in [4.69, 9.17) is 4.99 Å². The van der Waals surface area contributed by atoms with Crippen molar-refractivity contribution in [2.75, 3.05) is 45.8 Å². The number of nitrogens with zero attached hydrogens (tertiary/aromatic N) is 3. The summed E-state index contributed by atoms with van der Waals surface area (Å²) in [5, 5.41) is 13.8. The molecule has 1 aromatic rings. The molecule has 0 spiro atoms. The Hall–Kier alpha value is -1.59. The van der Waals surface area contributed by atoms with Gasteiger partial charge in [-0.2, -0.15) is 0 Å². The van der Waals surface area contributed by atoms with Gasteiger partial charge in [0, 0.05) is 32.6 Å². The fourth-order valence-electron chi connectivity index (χ4n) is 4.07. The van der Waals surface area contributed by atoms with Crippen molar-refractivity contribution in [3.63, 3.8) is 0 Å². The molecule has 0 amide bonds. The van der Waals surface area contributed by atoms with Crippen LogP contribution in [0.3, 0.4) is 0 Å². The number of likely N-dealkylation sites (tertiary alicyclic amines) is 2. The van der Waals surface area contributed by atoms with Crippen LogP contribution in [0.15, 0.2) is 35.3 Å². The molecule has 3 rings (SSSR count). The van der Waals surface area contributed by atoms with E-state index in [-0.39, 0.29) is 0 Å². The zero-order valence-corrected chi connectivity index (χ0v) is 16.1. The standard InChI is InChI=1S/C21H34N4O/c1-2-22-21(23-15-20(26)14-18-8-4-3-5-9-18)25-13-10-19(17-25)16-24-11-6-7-12-24/h3-5,8-9,19-20,26H,2,6-7,10-17H2,1H3,(H,22,23). The maximum Gasteiger partial charge on any atom is 0.194 e. The molecule has 2 unspecified atom stereocenters. The second kappa shape index (κ2) is 9.93. The molecule has 2 aliphatic rings. The Morgan fingerprint density at radius 2 is 2.00 bits per heavy atom. The summed E-state index contributed by atoms with van der Waals surface area (Å²) in [7, 11) is 0. The molecule has 5 nitrogen and oxygen atoms in total. The van der Waals surface area contributed by atoms with Gasteiger partial charge in [-0.05, 0) is 50.8 Å². The van der Waals surface area contributed by atoms with Crippen LogP contribution in [0, 0.1) is 5.92 Å². The quantitative estimate of drug-likeness (QED) is 0.578. The van der Waals surface area contributed by atoms with E-state index in [0.717, 1.165) is 37.1 Å². The predicted octanol–water partition coefficient (Wildman–Crippen LogP) is 1.97. The predicted molar refractivity (Wildman–Crippen MR) is 107 cm³/mol. The van der Waals surface area contributed by atoms with Crippen molar-refractivity contribution in [3.05, 3.63) is 35.9 Å². The fourth-order valence-corrected chi connectivity index (χ4v) is 4.07. The summed E-state index contributed by atoms with van der Waals surface area (Å²) in [6, 6.07) is 10.1. The van der Waals surface area contributed by atoms with Gasteiger partial charge in [-0.25, -0.2) is 0 Å². The Morgan fingerprint density at radius 3 is 2.73 bits per heavy atom. The summed E-state index contributed by atoms with van der Waals surface area (Å²) < 4.78 is 0. The molecule has 2 heterocycles. The van der Waals surface area contributed by atoms with Gasteiger partial charge in [0.05, 0.1) is 12.6 Å². The van der Waals surface area contributed by atoms with Crippen LogP contribution in [0.5, 0.6) is 0 Å². The summed E-state index contributed by atoms with van der Waals surface area (Å²) in [6.45, 7) is 9.34. The number of guanidine groups is 1. The largest absolute Gasteiger partial charge is 0.391 e. The molecule has 2 N–H and O–H groups in total. The van der Waals surface area contributed by atoms with Crippen molar-refractivity contribution in [3.8, 4) is 0 Å². The molecule has 2 atom stereocenters. The Kier molecular flexibility index (Phi) is 7.32. The number of aliphatic imine (C=N–C) groups is 1. The lowest BCUT2D eigenvalue weighted by Gasteiger charge is -2.23. The van der Waals surface area contributed by atoms with Gasteiger partial charge >= 0.3 is 0 Å². The molecular weight excluding hydrogens is 324 g/mol. The van der Waals surface area contributed by atoms with Crippen LogP contribution in [-0.2, 0) is 6.42 Å². The summed E-state index contributed by atoms with van der Waals surface area (Å²) in [4.78, 5) is 9.71. The molecule has 144 valence electrons. The van der Waals surface area contributed by atoms with Crippen molar-refractivity contribution in [1.29, 1.82) is 0 Å². The molecule has 2 fully saturated rings. The molecule has 0 saturated carbocycles. The van der Waals surface area contributed by atoms with Crippen LogP contribution in [0.1, 0.15) is 31.7 Å². The highest BCUT2D eigenvalue weighted by atomic mass is 16.3. The summed E-state index contributed by atoms with van der Waals surface area (Å²) in [5.74, 6) is 1.70. The van der Waals surface area contributed by atoms with E-state index in [1.807, 2.05) is 18.2 Å². The smallest absolute Gasteiger partial charge is 0.194 e. The average Bonchev–Trinajstić information content (AvgIpc) is 3.32. The van der Waals surface area contributed by atoms with E-state index in [1.54, 1.807) is 0 Å². The lowest BCUT2D eigenvalue weighted by Crippen LogP contribution is -2.41. The molecule has 0 aromatic heterocycles. The van der Waals surface area contributed by atoms with Gasteiger partial charge in [0.2, 0.25) is 0 Å². The first-order valence-electron chi connectivity index (χ1n) is 10.2. The molecule has 0 bridgehead atoms. The molecule has 0 aliphatic carbocycles. The minimum atomic E-state index is -0.436. The number of nitrogens with one attached hydrogen (secondary N) is 1. The maximum atomic E-state index is 10.3. The van der Waals surface area contributed by atoms with Crippen molar-refractivity contribution in [1.82, 2.24) is 15.1 Å². The maximum absolute atomic E-state index is 10.3. The second-order valence-corrected chi connectivity index (χ2v) is 7.65. The number of benzene rings is 1. The number of aliphatic hydroxyl groups excluding tert-OH is 1. The van der Waals surface area contributed by atoms with E-state index in [2.05, 4.69) is 34.2 Å². The molecule has 2 aliphatic heterocycles. The van der Waals surface area contributed by atoms with Gasteiger partial charge in [-0.3, -0.25) is 4.99 Å². The zero-order chi connectivity index (χ0) is 18.2. The summed E-state index contributed by atoms with van der Waals surface area (Å²) >= 11 is 0. The highest BCUT2D eigenvalue weighted by molar-refractivity contribution is 5.80. The first-order chi connectivity index (χ1) is 12.7. The van der Waals surface area contributed by atoms with E-state index < -0.39 is 6.10 Å². The van der Waals surface area contributed by atoms with Crippen LogP contribution in [-0.4, -0.2) is 72.8 Å². The van der Waals surface area contributed by atoms with Crippen molar-refractivity contribution in [2.24, 2.45) is 10.9 Å². The minimum absolute atomic E-state index is 0.436. The highest BCUT2D eigenvalue weighted by Crippen LogP contribution is 2.20. The number of aliphatic hydroxyl groups is 1. The van der Waals surface area contributed by atoms with Gasteiger partial charge in [0.1, 0.15) is 0 Å². The van der Waals surface area contributed by atoms with Crippen LogP contribution >= 0.6 is 0 Å². The molecule has 5 heteroatoms. The van der Waals surface area contributed by atoms with Crippen molar-refractivity contribution >= 4 is 5.96 Å². The molecule has 2 saturated heterocycles. The third-order valence-electron chi connectivity index (χ3n) is 5.40. The second-order valence-electron chi connectivity index (χ2n) is 7.65. The SMILES string of the molecule is CCNC(=NCC(O)Cc1ccccc1)N1CCC(CN2CCCC2)C1. The Morgan fingerprint density at radius 1 is 1.23 bits per heavy atom. The van der Waals surface area contributed by atoms with Gasteiger partial charge < -0.3 is 20.2 Å². The molecule has 1 aromatic carbocycles. The highest BCUT2D eigenvalue weighted by Gasteiger charge is 2.27. The van der Waals surface area contributed by atoms with Crippen LogP contribution < -0.4 is 5.32 Å². The fraction of sp³-hybridized carbons (Fsp3) is 0.667. The first-order valence-corrected chi connectivity index (χ1v) is 10.2. The van der Waals surface area contributed by atoms with Gasteiger partial charge in [0.25, 0.3) is 0 Å². The third kappa shape index (κ3) is 5.71. The van der Waals surface area contributed by atoms with E-state index in [1.165, 1.54) is 38.9 Å². The van der Waals surface area contributed by atoms with Crippen LogP contribution in [0.4, 0.5) is 0 Å². The zero-order valence-electron chi connectivity index (χ0n) is 16.1. The number of hydrogen-bond acceptors (Lipinski definition) is 3. The van der Waals surface area contributed by atoms with Gasteiger partial charge in [0.15, 0.2) is 5.96 Å². The van der Waals surface area contributed by atoms with Gasteiger partial charge in [-0.15, -0.1) is 0 Å². The lowest BCUT2D eigenvalue weighted by atomic mass is 10.1. The van der Waals surface area contributed by atoms with Crippen molar-refractivity contribution < 1.29 is 5.11 Å². The molecule has 26 heavy (non-hydrogen) atoms. The lowest BCUT2D eigenvalue weighted by molar-refractivity contribution is 0.183. The monoisotopic (exact) mass is 358 g/mol. The van der Waals surface area contributed by atoms with Crippen LogP contribution in [0.25, 0.3) is 0 Å². The molecule has 0 radical (unpaired) electrons. The Bertz CT molecular complexity index is 556. The van der Waals surface area contributed by atoms with E-state index in [9.17, 15) is 5.11 Å².